The maximum atomic E-state index is 9.32. The predicted molar refractivity (Wildman–Crippen MR) is 40.5 cm³/mol. The van der Waals surface area contributed by atoms with E-state index in [1.807, 2.05) is 0 Å². The summed E-state index contributed by atoms with van der Waals surface area (Å²) in [5.41, 5.74) is 7.22. The number of ether oxygens (including phenoxy) is 1. The van der Waals surface area contributed by atoms with Gasteiger partial charge in [0.05, 0.1) is 12.7 Å². The Bertz CT molecular complexity index is 208. The molecule has 1 unspecified atom stereocenters. The van der Waals surface area contributed by atoms with Gasteiger partial charge in [-0.2, -0.15) is 0 Å². The number of nitrogens with zero attached hydrogens (tertiary/aromatic N) is 3. The maximum absolute atomic E-state index is 9.32. The van der Waals surface area contributed by atoms with Crippen LogP contribution in [0.4, 0.5) is 0 Å². The zero-order valence-electron chi connectivity index (χ0n) is 6.04. The molecular weight excluding hydrogens is 186 g/mol. The number of azide groups is 1. The molecular formula is C5H8ClN3O3. The Balaban J connectivity index is 2.69. The number of rotatable bonds is 2. The Kier molecular flexibility index (Phi) is 3.13. The van der Waals surface area contributed by atoms with Crippen LogP contribution in [-0.2, 0) is 4.74 Å². The maximum Gasteiger partial charge on any atom is 0.142 e. The molecule has 0 aromatic heterocycles. The van der Waals surface area contributed by atoms with Gasteiger partial charge in [-0.05, 0) is 5.53 Å². The van der Waals surface area contributed by atoms with Gasteiger partial charge >= 0.3 is 0 Å². The van der Waals surface area contributed by atoms with Gasteiger partial charge in [-0.15, -0.1) is 0 Å². The van der Waals surface area contributed by atoms with Crippen molar-refractivity contribution in [1.82, 2.24) is 0 Å². The van der Waals surface area contributed by atoms with Crippen LogP contribution >= 0.6 is 11.6 Å². The van der Waals surface area contributed by atoms with Gasteiger partial charge in [0.15, 0.2) is 0 Å². The lowest BCUT2D eigenvalue weighted by Crippen LogP contribution is -2.31. The van der Waals surface area contributed by atoms with E-state index in [0.29, 0.717) is 0 Å². The summed E-state index contributed by atoms with van der Waals surface area (Å²) < 4.78 is 4.89. The van der Waals surface area contributed by atoms with Gasteiger partial charge < -0.3 is 14.9 Å². The van der Waals surface area contributed by atoms with Crippen LogP contribution in [0.25, 0.3) is 10.4 Å². The van der Waals surface area contributed by atoms with Crippen molar-refractivity contribution >= 4 is 11.6 Å². The first-order valence-electron chi connectivity index (χ1n) is 3.33. The zero-order chi connectivity index (χ0) is 9.14. The molecule has 6 nitrogen and oxygen atoms in total. The van der Waals surface area contributed by atoms with Crippen molar-refractivity contribution in [3.05, 3.63) is 10.4 Å². The minimum Gasteiger partial charge on any atom is -0.394 e. The lowest BCUT2D eigenvalue weighted by atomic mass is 10.1. The molecule has 0 aliphatic carbocycles. The minimum atomic E-state index is -1.03. The molecule has 0 amide bonds. The molecule has 0 aromatic carbocycles. The number of halogens is 1. The summed E-state index contributed by atoms with van der Waals surface area (Å²) in [5.74, 6) is 0. The van der Waals surface area contributed by atoms with E-state index in [1.54, 1.807) is 0 Å². The van der Waals surface area contributed by atoms with Gasteiger partial charge in [0.1, 0.15) is 17.7 Å². The third-order valence-corrected chi connectivity index (χ3v) is 2.03. The lowest BCUT2D eigenvalue weighted by Gasteiger charge is -2.10. The van der Waals surface area contributed by atoms with Crippen molar-refractivity contribution in [2.24, 2.45) is 5.11 Å². The molecule has 1 heterocycles. The second kappa shape index (κ2) is 3.93. The molecule has 1 aliphatic rings. The van der Waals surface area contributed by atoms with E-state index in [-0.39, 0.29) is 6.61 Å². The monoisotopic (exact) mass is 193 g/mol. The smallest absolute Gasteiger partial charge is 0.142 e. The molecule has 68 valence electrons. The molecule has 1 aliphatic heterocycles. The van der Waals surface area contributed by atoms with Crippen LogP contribution < -0.4 is 0 Å². The largest absolute Gasteiger partial charge is 0.394 e. The number of hydrogen-bond donors (Lipinski definition) is 2. The number of alkyl halides is 1. The van der Waals surface area contributed by atoms with Crippen LogP contribution in [0.1, 0.15) is 0 Å². The van der Waals surface area contributed by atoms with Gasteiger partial charge in [0, 0.05) is 4.91 Å². The Morgan fingerprint density at radius 1 is 1.67 bits per heavy atom. The second-order valence-corrected chi connectivity index (χ2v) is 2.82. The van der Waals surface area contributed by atoms with Crippen LogP contribution in [0.5, 0.6) is 0 Å². The molecule has 1 saturated heterocycles. The van der Waals surface area contributed by atoms with Crippen molar-refractivity contribution in [2.45, 2.75) is 23.8 Å². The summed E-state index contributed by atoms with van der Waals surface area (Å²) in [4.78, 5) is 2.51. The van der Waals surface area contributed by atoms with E-state index in [4.69, 9.17) is 27.0 Å². The second-order valence-electron chi connectivity index (χ2n) is 2.39. The third kappa shape index (κ3) is 1.63. The van der Waals surface area contributed by atoms with Gasteiger partial charge in [-0.25, -0.2) is 0 Å². The zero-order valence-corrected chi connectivity index (χ0v) is 6.79. The Hall–Kier alpha value is -0.520. The standard InChI is InChI=1S/C5H8ClN3O3/c6-5-3(8-9-7)4(11)2(1-10)12-5/h2-5,10-11H,1H2/t2-,3+,4-,5?/m1/s1. The van der Waals surface area contributed by atoms with E-state index >= 15 is 0 Å². The van der Waals surface area contributed by atoms with Crippen molar-refractivity contribution in [2.75, 3.05) is 6.61 Å². The normalized spacial score (nSPS) is 40.9. The van der Waals surface area contributed by atoms with Crippen LogP contribution in [0, 0.1) is 0 Å². The molecule has 12 heavy (non-hydrogen) atoms. The summed E-state index contributed by atoms with van der Waals surface area (Å²) in [7, 11) is 0. The van der Waals surface area contributed by atoms with E-state index < -0.39 is 23.8 Å². The van der Waals surface area contributed by atoms with Crippen molar-refractivity contribution < 1.29 is 14.9 Å². The Labute approximate surface area is 73.3 Å². The van der Waals surface area contributed by atoms with Gasteiger partial charge in [-0.1, -0.05) is 16.7 Å². The third-order valence-electron chi connectivity index (χ3n) is 1.67. The van der Waals surface area contributed by atoms with E-state index in [1.165, 1.54) is 0 Å². The number of aliphatic hydroxyl groups is 2. The quantitative estimate of drug-likeness (QED) is 0.279. The van der Waals surface area contributed by atoms with Crippen molar-refractivity contribution in [3.8, 4) is 0 Å². The molecule has 0 radical (unpaired) electrons. The fraction of sp³-hybridized carbons (Fsp3) is 1.00. The highest BCUT2D eigenvalue weighted by Crippen LogP contribution is 2.26. The Morgan fingerprint density at radius 3 is 2.75 bits per heavy atom. The van der Waals surface area contributed by atoms with Crippen LogP contribution in [-0.4, -0.2) is 40.6 Å². The summed E-state index contributed by atoms with van der Waals surface area (Å²) in [5, 5.41) is 21.2. The number of aliphatic hydroxyl groups excluding tert-OH is 2. The highest BCUT2D eigenvalue weighted by molar-refractivity contribution is 6.20. The topological polar surface area (TPSA) is 98.5 Å². The number of hydrogen-bond acceptors (Lipinski definition) is 4. The predicted octanol–water partition coefficient (Wildman–Crippen LogP) is -0.0178. The van der Waals surface area contributed by atoms with E-state index in [0.717, 1.165) is 0 Å². The van der Waals surface area contributed by atoms with Crippen LogP contribution in [0.3, 0.4) is 0 Å². The molecule has 7 heteroatoms. The average Bonchev–Trinajstić information content (AvgIpc) is 2.32. The molecule has 1 fully saturated rings. The van der Waals surface area contributed by atoms with Gasteiger partial charge in [-0.3, -0.25) is 0 Å². The first kappa shape index (κ1) is 9.57. The first-order chi connectivity index (χ1) is 5.70. The highest BCUT2D eigenvalue weighted by Gasteiger charge is 2.41. The fourth-order valence-corrected chi connectivity index (χ4v) is 1.37. The highest BCUT2D eigenvalue weighted by atomic mass is 35.5. The van der Waals surface area contributed by atoms with Crippen LogP contribution in [0.2, 0.25) is 0 Å². The van der Waals surface area contributed by atoms with E-state index in [2.05, 4.69) is 10.0 Å². The van der Waals surface area contributed by atoms with Gasteiger partial charge in [0.2, 0.25) is 0 Å². The summed E-state index contributed by atoms with van der Waals surface area (Å²) in [6, 6.07) is -0.825. The summed E-state index contributed by atoms with van der Waals surface area (Å²) in [6.45, 7) is -0.345. The fourth-order valence-electron chi connectivity index (χ4n) is 1.03. The molecule has 2 N–H and O–H groups in total. The average molecular weight is 194 g/mol. The van der Waals surface area contributed by atoms with E-state index in [9.17, 15) is 5.11 Å². The molecule has 4 atom stereocenters. The summed E-state index contributed by atoms with van der Waals surface area (Å²) in [6.07, 6.45) is -1.80. The molecule has 0 bridgehead atoms. The lowest BCUT2D eigenvalue weighted by molar-refractivity contribution is -0.00422. The van der Waals surface area contributed by atoms with Crippen molar-refractivity contribution in [1.29, 1.82) is 0 Å². The summed E-state index contributed by atoms with van der Waals surface area (Å²) >= 11 is 5.57. The van der Waals surface area contributed by atoms with Gasteiger partial charge in [0.25, 0.3) is 0 Å². The molecule has 0 spiro atoms. The van der Waals surface area contributed by atoms with Crippen LogP contribution in [0.15, 0.2) is 5.11 Å². The van der Waals surface area contributed by atoms with Crippen molar-refractivity contribution in [3.63, 3.8) is 0 Å². The minimum absolute atomic E-state index is 0.345. The Morgan fingerprint density at radius 2 is 2.33 bits per heavy atom. The molecule has 1 rings (SSSR count). The molecule has 0 aromatic rings. The first-order valence-corrected chi connectivity index (χ1v) is 3.77. The molecule has 0 saturated carbocycles. The SMILES string of the molecule is [N-]=[N+]=N[C@@H]1C(Cl)O[C@H](CO)[C@H]1O.